The first-order chi connectivity index (χ1) is 24.5. The van der Waals surface area contributed by atoms with E-state index in [1.165, 1.54) is 6.33 Å². The molecule has 0 amide bonds. The monoisotopic (exact) mass is 679 g/mol. The van der Waals surface area contributed by atoms with Crippen LogP contribution in [0.25, 0.3) is 11.2 Å². The largest absolute Gasteiger partial charge is 0.497 e. The van der Waals surface area contributed by atoms with Crippen molar-refractivity contribution in [3.63, 3.8) is 0 Å². The van der Waals surface area contributed by atoms with Gasteiger partial charge in [-0.1, -0.05) is 80.4 Å². The van der Waals surface area contributed by atoms with Crippen molar-refractivity contribution in [2.24, 2.45) is 0 Å². The fourth-order valence-corrected chi connectivity index (χ4v) is 6.47. The molecule has 1 saturated heterocycles. The highest BCUT2D eigenvalue weighted by atomic mass is 16.6. The van der Waals surface area contributed by atoms with Crippen LogP contribution in [0.4, 0.5) is 5.82 Å². The Morgan fingerprint density at radius 3 is 2.18 bits per heavy atom. The van der Waals surface area contributed by atoms with E-state index in [2.05, 4.69) is 33.8 Å². The van der Waals surface area contributed by atoms with Crippen LogP contribution in [0.1, 0.15) is 49.1 Å². The summed E-state index contributed by atoms with van der Waals surface area (Å²) in [5.41, 5.74) is 2.73. The molecule has 2 N–H and O–H groups in total. The van der Waals surface area contributed by atoms with Crippen molar-refractivity contribution in [3.8, 4) is 11.5 Å². The number of nitrogens with zero attached hydrogens (tertiary/aromatic N) is 4. The van der Waals surface area contributed by atoms with Crippen LogP contribution in [0.2, 0.25) is 0 Å². The highest BCUT2D eigenvalue weighted by Crippen LogP contribution is 2.43. The molecule has 11 nitrogen and oxygen atoms in total. The van der Waals surface area contributed by atoms with Gasteiger partial charge in [0.15, 0.2) is 23.2 Å². The molecule has 0 unspecified atom stereocenters. The molecule has 1 aliphatic heterocycles. The van der Waals surface area contributed by atoms with Gasteiger partial charge in [0.1, 0.15) is 41.7 Å². The molecule has 1 aliphatic rings. The lowest BCUT2D eigenvalue weighted by atomic mass is 9.80. The third-order valence-corrected chi connectivity index (χ3v) is 9.06. The summed E-state index contributed by atoms with van der Waals surface area (Å²) in [5.74, 6) is 2.10. The van der Waals surface area contributed by atoms with Gasteiger partial charge in [0, 0.05) is 6.54 Å². The quantitative estimate of drug-likeness (QED) is 0.0660. The zero-order valence-electron chi connectivity index (χ0n) is 28.8. The molecule has 11 heteroatoms. The second kappa shape index (κ2) is 16.3. The van der Waals surface area contributed by atoms with Crippen molar-refractivity contribution in [2.75, 3.05) is 39.3 Å². The van der Waals surface area contributed by atoms with E-state index in [9.17, 15) is 5.11 Å². The predicted molar refractivity (Wildman–Crippen MR) is 191 cm³/mol. The standard InChI is InChI=1S/C39H45N5O6/c1-5-7-11-22-40-36-33-37(42-25-41-36)44(26-43-33)38-35(48-23-6-2)34(45)32(50-38)24-49-39(27-12-9-8-10-13-27,28-14-18-30(46-3)19-15-28)29-16-20-31(47-4)21-17-29/h6,8-10,12-21,25-26,32,34-35,38,45H,2,5,7,11,22-24H2,1,3-4H3,(H,40,41,42)/t32-,34-,35-,38-/m1/s1. The summed E-state index contributed by atoms with van der Waals surface area (Å²) in [5, 5.41) is 15.2. The smallest absolute Gasteiger partial charge is 0.167 e. The zero-order chi connectivity index (χ0) is 34.9. The number of anilines is 1. The van der Waals surface area contributed by atoms with Gasteiger partial charge in [-0.3, -0.25) is 4.57 Å². The van der Waals surface area contributed by atoms with E-state index in [0.717, 1.165) is 54.0 Å². The van der Waals surface area contributed by atoms with Crippen LogP contribution in [0.5, 0.6) is 11.5 Å². The number of unbranched alkanes of at least 4 members (excludes halogenated alkanes) is 2. The highest BCUT2D eigenvalue weighted by molar-refractivity contribution is 5.82. The molecule has 5 aromatic rings. The van der Waals surface area contributed by atoms with E-state index in [1.54, 1.807) is 31.2 Å². The van der Waals surface area contributed by atoms with Gasteiger partial charge in [0.25, 0.3) is 0 Å². The molecule has 262 valence electrons. The van der Waals surface area contributed by atoms with Crippen molar-refractivity contribution < 1.29 is 28.8 Å². The Labute approximate surface area is 292 Å². The van der Waals surface area contributed by atoms with Crippen LogP contribution >= 0.6 is 0 Å². The molecule has 3 heterocycles. The fourth-order valence-electron chi connectivity index (χ4n) is 6.47. The molecule has 3 aromatic carbocycles. The number of hydrogen-bond acceptors (Lipinski definition) is 10. The average molecular weight is 680 g/mol. The van der Waals surface area contributed by atoms with Gasteiger partial charge in [-0.15, -0.1) is 6.58 Å². The van der Waals surface area contributed by atoms with Crippen molar-refractivity contribution in [2.45, 2.75) is 56.3 Å². The Kier molecular flexibility index (Phi) is 11.4. The lowest BCUT2D eigenvalue weighted by Gasteiger charge is -2.37. The topological polar surface area (TPSA) is 122 Å². The third-order valence-electron chi connectivity index (χ3n) is 9.06. The van der Waals surface area contributed by atoms with E-state index >= 15 is 0 Å². The van der Waals surface area contributed by atoms with Crippen molar-refractivity contribution in [1.82, 2.24) is 19.5 Å². The van der Waals surface area contributed by atoms with Crippen molar-refractivity contribution in [1.29, 1.82) is 0 Å². The number of aliphatic hydroxyl groups excluding tert-OH is 1. The van der Waals surface area contributed by atoms with Gasteiger partial charge < -0.3 is 34.1 Å². The Morgan fingerprint density at radius 1 is 0.900 bits per heavy atom. The summed E-state index contributed by atoms with van der Waals surface area (Å²) in [6.07, 6.45) is 4.74. The summed E-state index contributed by atoms with van der Waals surface area (Å²) in [6, 6.07) is 25.6. The number of rotatable bonds is 17. The highest BCUT2D eigenvalue weighted by Gasteiger charge is 2.48. The van der Waals surface area contributed by atoms with Gasteiger partial charge in [-0.25, -0.2) is 15.0 Å². The van der Waals surface area contributed by atoms with Crippen LogP contribution < -0.4 is 14.8 Å². The minimum atomic E-state index is -1.09. The number of nitrogens with one attached hydrogen (secondary N) is 1. The molecule has 0 aliphatic carbocycles. The summed E-state index contributed by atoms with van der Waals surface area (Å²) in [6.45, 7) is 7.00. The van der Waals surface area contributed by atoms with E-state index in [0.29, 0.717) is 17.0 Å². The molecule has 4 atom stereocenters. The Balaban J connectivity index is 1.36. The van der Waals surface area contributed by atoms with Crippen molar-refractivity contribution in [3.05, 3.63) is 121 Å². The van der Waals surface area contributed by atoms with Gasteiger partial charge >= 0.3 is 0 Å². The van der Waals surface area contributed by atoms with E-state index < -0.39 is 30.1 Å². The summed E-state index contributed by atoms with van der Waals surface area (Å²) in [7, 11) is 3.28. The zero-order valence-corrected chi connectivity index (χ0v) is 28.8. The van der Waals surface area contributed by atoms with E-state index in [-0.39, 0.29) is 13.2 Å². The Bertz CT molecular complexity index is 1770. The fraction of sp³-hybridized carbons (Fsp3) is 0.359. The van der Waals surface area contributed by atoms with E-state index in [4.69, 9.17) is 23.7 Å². The lowest BCUT2D eigenvalue weighted by molar-refractivity contribution is -0.0954. The molecule has 0 radical (unpaired) electrons. The SMILES string of the molecule is C=CCO[C@@H]1[C@H](O)[C@@H](COC(c2ccccc2)(c2ccc(OC)cc2)c2ccc(OC)cc2)O[C@H]1n1cnc2c(NCCCCC)ncnc21. The van der Waals surface area contributed by atoms with Crippen LogP contribution in [0.3, 0.4) is 0 Å². The molecule has 1 fully saturated rings. The number of hydrogen-bond donors (Lipinski definition) is 2. The summed E-state index contributed by atoms with van der Waals surface area (Å²) >= 11 is 0. The minimum Gasteiger partial charge on any atom is -0.497 e. The van der Waals surface area contributed by atoms with E-state index in [1.807, 2.05) is 78.9 Å². The molecule has 50 heavy (non-hydrogen) atoms. The molecular formula is C39H45N5O6. The van der Waals surface area contributed by atoms with Gasteiger partial charge in [0.05, 0.1) is 33.8 Å². The first-order valence-electron chi connectivity index (χ1n) is 17.0. The van der Waals surface area contributed by atoms with Gasteiger partial charge in [0.2, 0.25) is 0 Å². The Hall–Kier alpha value is -4.81. The molecule has 6 rings (SSSR count). The molecule has 0 bridgehead atoms. The average Bonchev–Trinajstić information content (AvgIpc) is 3.74. The summed E-state index contributed by atoms with van der Waals surface area (Å²) < 4.78 is 32.6. The number of aromatic nitrogens is 4. The lowest BCUT2D eigenvalue weighted by Crippen LogP contribution is -2.40. The molecule has 0 saturated carbocycles. The number of fused-ring (bicyclic) bond motifs is 1. The first-order valence-corrected chi connectivity index (χ1v) is 17.0. The second-order valence-corrected chi connectivity index (χ2v) is 12.1. The maximum absolute atomic E-state index is 11.8. The van der Waals surface area contributed by atoms with Crippen LogP contribution in [-0.4, -0.2) is 76.9 Å². The van der Waals surface area contributed by atoms with Gasteiger partial charge in [-0.05, 0) is 47.4 Å². The number of methoxy groups -OCH3 is 2. The normalized spacial score (nSPS) is 19.0. The number of ether oxygens (including phenoxy) is 5. The number of imidazole rings is 1. The van der Waals surface area contributed by atoms with Crippen molar-refractivity contribution >= 4 is 17.0 Å². The maximum Gasteiger partial charge on any atom is 0.167 e. The summed E-state index contributed by atoms with van der Waals surface area (Å²) in [4.78, 5) is 13.6. The molecule has 0 spiro atoms. The minimum absolute atomic E-state index is 0.0183. The third kappa shape index (κ3) is 7.08. The van der Waals surface area contributed by atoms with Crippen LogP contribution in [0, 0.1) is 0 Å². The number of aliphatic hydroxyl groups is 1. The van der Waals surface area contributed by atoms with Crippen LogP contribution in [-0.2, 0) is 19.8 Å². The molecule has 2 aromatic heterocycles. The Morgan fingerprint density at radius 2 is 1.56 bits per heavy atom. The maximum atomic E-state index is 11.8. The number of benzene rings is 3. The second-order valence-electron chi connectivity index (χ2n) is 12.1. The predicted octanol–water partition coefficient (Wildman–Crippen LogP) is 6.28. The van der Waals surface area contributed by atoms with Gasteiger partial charge in [-0.2, -0.15) is 0 Å². The first kappa shape index (κ1) is 35.0. The molecular weight excluding hydrogens is 634 g/mol. The van der Waals surface area contributed by atoms with Crippen LogP contribution in [0.15, 0.2) is 104 Å².